The van der Waals surface area contributed by atoms with E-state index in [2.05, 4.69) is 31.2 Å². The quantitative estimate of drug-likeness (QED) is 0.578. The fraction of sp³-hybridized carbons (Fsp3) is 0.0556. The average Bonchev–Trinajstić information content (AvgIpc) is 3.13. The summed E-state index contributed by atoms with van der Waals surface area (Å²) in [5.41, 5.74) is 3.79. The number of pyridine rings is 1. The molecule has 0 saturated carbocycles. The zero-order valence-electron chi connectivity index (χ0n) is 12.7. The fourth-order valence-corrected chi connectivity index (χ4v) is 3.15. The lowest BCUT2D eigenvalue weighted by molar-refractivity contribution is 1.05. The van der Waals surface area contributed by atoms with Crippen LogP contribution in [-0.4, -0.2) is 19.4 Å². The van der Waals surface area contributed by atoms with Crippen LogP contribution < -0.4 is 5.32 Å². The van der Waals surface area contributed by atoms with Crippen molar-refractivity contribution in [3.8, 4) is 11.3 Å². The maximum Gasteiger partial charge on any atom is 0.180 e. The molecule has 5 nitrogen and oxygen atoms in total. The molecule has 3 heterocycles. The van der Waals surface area contributed by atoms with Crippen molar-refractivity contribution in [3.63, 3.8) is 0 Å². The molecule has 0 unspecified atom stereocenters. The molecule has 0 fully saturated rings. The van der Waals surface area contributed by atoms with Crippen molar-refractivity contribution in [1.82, 2.24) is 19.4 Å². The van der Waals surface area contributed by atoms with Crippen LogP contribution in [0.3, 0.4) is 0 Å². The van der Waals surface area contributed by atoms with Crippen LogP contribution >= 0.6 is 15.9 Å². The summed E-state index contributed by atoms with van der Waals surface area (Å²) in [5.74, 6) is 0.742. The Bertz CT molecular complexity index is 967. The monoisotopic (exact) mass is 379 g/mol. The number of imidazole rings is 1. The van der Waals surface area contributed by atoms with Gasteiger partial charge in [0.15, 0.2) is 11.5 Å². The molecule has 0 aliphatic rings. The molecule has 0 aliphatic carbocycles. The van der Waals surface area contributed by atoms with Gasteiger partial charge in [0.05, 0.1) is 0 Å². The van der Waals surface area contributed by atoms with E-state index in [4.69, 9.17) is 4.98 Å². The van der Waals surface area contributed by atoms with E-state index >= 15 is 0 Å². The maximum atomic E-state index is 4.80. The van der Waals surface area contributed by atoms with Crippen LogP contribution in [0.15, 0.2) is 71.9 Å². The summed E-state index contributed by atoms with van der Waals surface area (Å²) < 4.78 is 2.87. The minimum Gasteiger partial charge on any atom is -0.363 e. The molecule has 0 radical (unpaired) electrons. The Morgan fingerprint density at radius 2 is 1.92 bits per heavy atom. The molecule has 24 heavy (non-hydrogen) atoms. The first-order valence-corrected chi connectivity index (χ1v) is 8.33. The molecule has 4 aromatic rings. The molecular formula is C18H14BrN5. The van der Waals surface area contributed by atoms with E-state index in [9.17, 15) is 0 Å². The highest BCUT2D eigenvalue weighted by Crippen LogP contribution is 2.30. The van der Waals surface area contributed by atoms with Crippen molar-refractivity contribution < 1.29 is 0 Å². The number of anilines is 1. The summed E-state index contributed by atoms with van der Waals surface area (Å²) in [6.45, 7) is 0.638. The van der Waals surface area contributed by atoms with Crippen molar-refractivity contribution in [2.75, 3.05) is 5.32 Å². The predicted octanol–water partition coefficient (Wildman–Crippen LogP) is 4.17. The molecule has 118 valence electrons. The van der Waals surface area contributed by atoms with Gasteiger partial charge in [0.25, 0.3) is 0 Å². The van der Waals surface area contributed by atoms with Crippen molar-refractivity contribution in [3.05, 3.63) is 77.4 Å². The SMILES string of the molecule is Brc1c(-c2ccccc2)nc(NCc2cccnc2)c2nccn12. The molecule has 1 aromatic carbocycles. The second kappa shape index (κ2) is 6.41. The van der Waals surface area contributed by atoms with Crippen molar-refractivity contribution in [2.24, 2.45) is 0 Å². The summed E-state index contributed by atoms with van der Waals surface area (Å²) in [4.78, 5) is 13.4. The summed E-state index contributed by atoms with van der Waals surface area (Å²) >= 11 is 3.65. The topological polar surface area (TPSA) is 55.1 Å². The van der Waals surface area contributed by atoms with E-state index in [1.807, 2.05) is 59.3 Å². The Hall–Kier alpha value is -2.73. The molecular weight excluding hydrogens is 366 g/mol. The smallest absolute Gasteiger partial charge is 0.180 e. The Balaban J connectivity index is 1.77. The van der Waals surface area contributed by atoms with Gasteiger partial charge >= 0.3 is 0 Å². The Labute approximate surface area is 147 Å². The number of hydrogen-bond donors (Lipinski definition) is 1. The van der Waals surface area contributed by atoms with Gasteiger partial charge in [-0.3, -0.25) is 9.38 Å². The fourth-order valence-electron chi connectivity index (χ4n) is 2.55. The number of benzene rings is 1. The average molecular weight is 380 g/mol. The molecule has 0 atom stereocenters. The molecule has 0 amide bonds. The summed E-state index contributed by atoms with van der Waals surface area (Å²) in [5, 5.41) is 3.37. The maximum absolute atomic E-state index is 4.80. The number of fused-ring (bicyclic) bond motifs is 1. The molecule has 4 rings (SSSR count). The van der Waals surface area contributed by atoms with Gasteiger partial charge in [-0.1, -0.05) is 36.4 Å². The third-order valence-corrected chi connectivity index (χ3v) is 4.47. The highest BCUT2D eigenvalue weighted by Gasteiger charge is 2.14. The molecule has 6 heteroatoms. The van der Waals surface area contributed by atoms with E-state index in [0.29, 0.717) is 6.54 Å². The summed E-state index contributed by atoms with van der Waals surface area (Å²) in [6.07, 6.45) is 7.29. The first-order valence-electron chi connectivity index (χ1n) is 7.53. The standard InChI is InChI=1S/C18H14BrN5/c19-16-15(14-6-2-1-3-7-14)23-17(18-21-9-10-24(16)18)22-12-13-5-4-8-20-11-13/h1-11H,12H2,(H,22,23). The van der Waals surface area contributed by atoms with E-state index in [1.165, 1.54) is 0 Å². The van der Waals surface area contributed by atoms with Crippen LogP contribution in [0, 0.1) is 0 Å². The first kappa shape index (κ1) is 14.8. The van der Waals surface area contributed by atoms with Gasteiger partial charge in [-0.2, -0.15) is 0 Å². The lowest BCUT2D eigenvalue weighted by Gasteiger charge is -2.12. The molecule has 0 bridgehead atoms. The molecule has 0 aliphatic heterocycles. The number of hydrogen-bond acceptors (Lipinski definition) is 4. The molecule has 1 N–H and O–H groups in total. The van der Waals surface area contributed by atoms with Crippen molar-refractivity contribution in [1.29, 1.82) is 0 Å². The number of rotatable bonds is 4. The zero-order valence-corrected chi connectivity index (χ0v) is 14.3. The zero-order chi connectivity index (χ0) is 16.4. The van der Waals surface area contributed by atoms with Crippen molar-refractivity contribution in [2.45, 2.75) is 6.54 Å². The number of halogens is 1. The van der Waals surface area contributed by atoms with Crippen LogP contribution in [-0.2, 0) is 6.54 Å². The summed E-state index contributed by atoms with van der Waals surface area (Å²) in [7, 11) is 0. The lowest BCUT2D eigenvalue weighted by atomic mass is 10.2. The van der Waals surface area contributed by atoms with Crippen LogP contribution in [0.1, 0.15) is 5.56 Å². The highest BCUT2D eigenvalue weighted by atomic mass is 79.9. The normalized spacial score (nSPS) is 10.9. The number of aromatic nitrogens is 4. The van der Waals surface area contributed by atoms with Gasteiger partial charge in [0.2, 0.25) is 0 Å². The second-order valence-electron chi connectivity index (χ2n) is 5.30. The van der Waals surface area contributed by atoms with E-state index < -0.39 is 0 Å². The largest absolute Gasteiger partial charge is 0.363 e. The Kier molecular flexibility index (Phi) is 3.96. The van der Waals surface area contributed by atoms with E-state index in [0.717, 1.165) is 32.9 Å². The van der Waals surface area contributed by atoms with Gasteiger partial charge in [-0.25, -0.2) is 9.97 Å². The second-order valence-corrected chi connectivity index (χ2v) is 6.05. The van der Waals surface area contributed by atoms with Crippen molar-refractivity contribution >= 4 is 27.4 Å². The van der Waals surface area contributed by atoms with Crippen LogP contribution in [0.4, 0.5) is 5.82 Å². The van der Waals surface area contributed by atoms with Gasteiger partial charge < -0.3 is 5.32 Å². The predicted molar refractivity (Wildman–Crippen MR) is 97.7 cm³/mol. The van der Waals surface area contributed by atoms with Gasteiger partial charge in [-0.05, 0) is 27.6 Å². The van der Waals surface area contributed by atoms with Gasteiger partial charge in [0.1, 0.15) is 10.3 Å². The molecule has 0 spiro atoms. The minimum atomic E-state index is 0.638. The third kappa shape index (κ3) is 2.76. The van der Waals surface area contributed by atoms with Gasteiger partial charge in [-0.15, -0.1) is 0 Å². The molecule has 0 saturated heterocycles. The van der Waals surface area contributed by atoms with Gasteiger partial charge in [0, 0.05) is 36.9 Å². The molecule has 3 aromatic heterocycles. The lowest BCUT2D eigenvalue weighted by Crippen LogP contribution is -2.06. The van der Waals surface area contributed by atoms with E-state index in [-0.39, 0.29) is 0 Å². The Morgan fingerprint density at radius 3 is 2.71 bits per heavy atom. The summed E-state index contributed by atoms with van der Waals surface area (Å²) in [6, 6.07) is 14.0. The van der Waals surface area contributed by atoms with Crippen LogP contribution in [0.5, 0.6) is 0 Å². The van der Waals surface area contributed by atoms with E-state index in [1.54, 1.807) is 12.4 Å². The number of nitrogens with one attached hydrogen (secondary N) is 1. The third-order valence-electron chi connectivity index (χ3n) is 3.71. The first-order chi connectivity index (χ1) is 11.8. The van der Waals surface area contributed by atoms with Crippen LogP contribution in [0.25, 0.3) is 16.9 Å². The van der Waals surface area contributed by atoms with Crippen LogP contribution in [0.2, 0.25) is 0 Å². The highest BCUT2D eigenvalue weighted by molar-refractivity contribution is 9.10. The number of nitrogens with zero attached hydrogens (tertiary/aromatic N) is 4. The Morgan fingerprint density at radius 1 is 1.04 bits per heavy atom. The minimum absolute atomic E-state index is 0.638.